The van der Waals surface area contributed by atoms with Crippen LogP contribution in [0, 0.1) is 0 Å². The van der Waals surface area contributed by atoms with Crippen molar-refractivity contribution in [2.75, 3.05) is 0 Å². The number of nitrogens with zero attached hydrogens (tertiary/aromatic N) is 6. The molecule has 0 saturated carbocycles. The lowest BCUT2D eigenvalue weighted by molar-refractivity contribution is 0.660. The monoisotopic (exact) mass is 1670 g/mol. The zero-order valence-corrected chi connectivity index (χ0v) is 72.2. The fraction of sp³-hybridized carbons (Fsp3) is 0.0320. The molecule has 0 saturated heterocycles. The molecule has 25 aromatic rings. The van der Waals surface area contributed by atoms with Crippen molar-refractivity contribution in [3.63, 3.8) is 0 Å². The van der Waals surface area contributed by atoms with Gasteiger partial charge in [0.1, 0.15) is 0 Å². The molecule has 614 valence electrons. The van der Waals surface area contributed by atoms with Gasteiger partial charge in [-0.2, -0.15) is 15.3 Å². The van der Waals surface area contributed by atoms with E-state index in [0.29, 0.717) is 0 Å². The van der Waals surface area contributed by atoms with Crippen LogP contribution in [0.15, 0.2) is 474 Å². The van der Waals surface area contributed by atoms with E-state index in [4.69, 9.17) is 15.3 Å². The molecule has 0 spiro atoms. The van der Waals surface area contributed by atoms with Crippen LogP contribution >= 0.6 is 0 Å². The van der Waals surface area contributed by atoms with Crippen molar-refractivity contribution in [3.8, 4) is 112 Å². The summed E-state index contributed by atoms with van der Waals surface area (Å²) in [6.45, 7) is 4.66. The highest BCUT2D eigenvalue weighted by Crippen LogP contribution is 2.58. The van der Waals surface area contributed by atoms with E-state index < -0.39 is 5.41 Å². The summed E-state index contributed by atoms with van der Waals surface area (Å²) in [6.07, 6.45) is 6.32. The molecular formula is C125H84N6. The summed E-state index contributed by atoms with van der Waals surface area (Å²) in [6, 6.07) is 166. The molecule has 0 unspecified atom stereocenters. The van der Waals surface area contributed by atoms with Crippen molar-refractivity contribution in [1.29, 1.82) is 0 Å². The van der Waals surface area contributed by atoms with E-state index in [9.17, 15) is 0 Å². The van der Waals surface area contributed by atoms with Crippen molar-refractivity contribution in [2.45, 2.75) is 24.7 Å². The van der Waals surface area contributed by atoms with E-state index in [1.165, 1.54) is 187 Å². The normalized spacial score (nSPS) is 12.8. The smallest absolute Gasteiger partial charge is 0.0933 e. The fourth-order valence-corrected chi connectivity index (χ4v) is 21.1. The zero-order valence-electron chi connectivity index (χ0n) is 72.2. The van der Waals surface area contributed by atoms with Crippen molar-refractivity contribution in [2.24, 2.45) is 0 Å². The van der Waals surface area contributed by atoms with Crippen LogP contribution in [0.3, 0.4) is 0 Å². The average molecular weight is 1670 g/mol. The van der Waals surface area contributed by atoms with Crippen LogP contribution < -0.4 is 0 Å². The number of hydrogen-bond acceptors (Lipinski definition) is 3. The first kappa shape index (κ1) is 76.5. The summed E-state index contributed by atoms with van der Waals surface area (Å²) in [5.74, 6) is 0. The molecule has 0 N–H and O–H groups in total. The first-order chi connectivity index (χ1) is 64.6. The molecule has 6 nitrogen and oxygen atoms in total. The van der Waals surface area contributed by atoms with Crippen LogP contribution in [-0.2, 0) is 10.8 Å². The van der Waals surface area contributed by atoms with Crippen molar-refractivity contribution in [1.82, 2.24) is 28.8 Å². The van der Waals surface area contributed by atoms with E-state index >= 15 is 0 Å². The Kier molecular flexibility index (Phi) is 18.1. The number of pyridine rings is 3. The van der Waals surface area contributed by atoms with E-state index in [1.54, 1.807) is 0 Å². The molecule has 27 rings (SSSR count). The highest BCUT2D eigenvalue weighted by molar-refractivity contribution is 6.23. The summed E-state index contributed by atoms with van der Waals surface area (Å²) in [4.78, 5) is 0. The largest absolute Gasteiger partial charge is 0.240 e. The minimum absolute atomic E-state index is 0.0158. The average Bonchev–Trinajstić information content (AvgIpc) is 1.60. The molecule has 0 bridgehead atoms. The van der Waals surface area contributed by atoms with Crippen LogP contribution in [0.1, 0.15) is 47.2 Å². The Balaban J connectivity index is 0.000000108. The molecule has 131 heavy (non-hydrogen) atoms. The zero-order chi connectivity index (χ0) is 86.8. The van der Waals surface area contributed by atoms with E-state index in [1.807, 2.05) is 13.5 Å². The minimum atomic E-state index is -0.398. The number of hydrogen-bond donors (Lipinski definition) is 0. The summed E-state index contributed by atoms with van der Waals surface area (Å²) in [5.41, 5.74) is 34.8. The molecule has 0 radical (unpaired) electrons. The highest BCUT2D eigenvalue weighted by Gasteiger charge is 2.46. The molecule has 2 aliphatic rings. The Morgan fingerprint density at radius 2 is 0.481 bits per heavy atom. The molecule has 19 aromatic carbocycles. The summed E-state index contributed by atoms with van der Waals surface area (Å²) < 4.78 is 5.95. The minimum Gasteiger partial charge on any atom is -0.240 e. The summed E-state index contributed by atoms with van der Waals surface area (Å²) in [7, 11) is 0. The van der Waals surface area contributed by atoms with E-state index in [2.05, 4.69) is 487 Å². The Bertz CT molecular complexity index is 8660. The molecule has 6 heterocycles. The predicted molar refractivity (Wildman–Crippen MR) is 546 cm³/mol. The second-order valence-corrected chi connectivity index (χ2v) is 35.5. The Morgan fingerprint density at radius 1 is 0.183 bits per heavy atom. The quantitative estimate of drug-likeness (QED) is 0.128. The predicted octanol–water partition coefficient (Wildman–Crippen LogP) is 32.1. The third-order valence-corrected chi connectivity index (χ3v) is 27.7. The second-order valence-electron chi connectivity index (χ2n) is 35.5. The third kappa shape index (κ3) is 13.1. The maximum atomic E-state index is 4.95. The molecular weight excluding hydrogens is 1590 g/mol. The maximum absolute atomic E-state index is 4.95. The molecule has 0 fully saturated rings. The summed E-state index contributed by atoms with van der Waals surface area (Å²) in [5, 5.41) is 31.9. The van der Waals surface area contributed by atoms with Gasteiger partial charge in [0, 0.05) is 56.9 Å². The molecule has 0 aliphatic heterocycles. The standard InChI is InChI=1S/C51H32N2.C42H28N2.C32H24N2/c1-3-11-37-27-41(23-19-33(37)9-1)50-45-15-7-8-16-46(45)51(42-24-20-34-10-2-4-12-38(34)28-42)48-30-40(25-26-47(48)50)35-17-21-36(22-18-35)49-31-44-29-39-13-5-6-14-43(39)32-53(44)52-49;1-3-13-34(14-4-1)42(35-15-5-2-6-16-35)39-18-10-9-17-37(39)38-24-23-32(26-40(38)42)29-19-21-30(22-20-29)41-27-36-25-31-11-7-8-12-33(31)28-44(36)43-41;1-32(2)29-10-6-5-9-27(29)28-16-15-24(18-30(28)32)21-11-13-22(14-12-21)31-19-26-17-23-7-3-4-8-25(23)20-34(26)33-31/h1-32H;1-28H;3-20H,1-2H3. The van der Waals surface area contributed by atoms with Gasteiger partial charge in [-0.15, -0.1) is 0 Å². The van der Waals surface area contributed by atoms with Gasteiger partial charge >= 0.3 is 0 Å². The number of benzene rings is 19. The first-order valence-electron chi connectivity index (χ1n) is 45.1. The number of fused-ring (bicyclic) bond motifs is 16. The van der Waals surface area contributed by atoms with Gasteiger partial charge in [-0.05, 0) is 237 Å². The van der Waals surface area contributed by atoms with Gasteiger partial charge < -0.3 is 0 Å². The first-order valence-corrected chi connectivity index (χ1v) is 45.1. The lowest BCUT2D eigenvalue weighted by Crippen LogP contribution is -2.28. The lowest BCUT2D eigenvalue weighted by atomic mass is 9.67. The van der Waals surface area contributed by atoms with Gasteiger partial charge in [0.2, 0.25) is 0 Å². The van der Waals surface area contributed by atoms with E-state index in [-0.39, 0.29) is 5.41 Å². The molecule has 6 aromatic heterocycles. The Labute approximate surface area is 758 Å². The van der Waals surface area contributed by atoms with Gasteiger partial charge in [0.15, 0.2) is 0 Å². The van der Waals surface area contributed by atoms with Crippen LogP contribution in [0.4, 0.5) is 0 Å². The van der Waals surface area contributed by atoms with Gasteiger partial charge in [0.25, 0.3) is 0 Å². The van der Waals surface area contributed by atoms with Gasteiger partial charge in [-0.3, -0.25) is 0 Å². The molecule has 2 aliphatic carbocycles. The van der Waals surface area contributed by atoms with Crippen LogP contribution in [0.25, 0.3) is 204 Å². The van der Waals surface area contributed by atoms with Gasteiger partial charge in [-0.1, -0.05) is 402 Å². The van der Waals surface area contributed by atoms with Gasteiger partial charge in [-0.25, -0.2) is 13.5 Å². The Morgan fingerprint density at radius 3 is 0.924 bits per heavy atom. The third-order valence-electron chi connectivity index (χ3n) is 27.7. The van der Waals surface area contributed by atoms with Crippen LogP contribution in [-0.4, -0.2) is 28.8 Å². The lowest BCUT2D eigenvalue weighted by Gasteiger charge is -2.34. The topological polar surface area (TPSA) is 51.9 Å². The highest BCUT2D eigenvalue weighted by atomic mass is 15.2. The van der Waals surface area contributed by atoms with Crippen molar-refractivity contribution >= 4 is 92.0 Å². The van der Waals surface area contributed by atoms with Crippen LogP contribution in [0.5, 0.6) is 0 Å². The number of rotatable bonds is 10. The van der Waals surface area contributed by atoms with Crippen LogP contribution in [0.2, 0.25) is 0 Å². The van der Waals surface area contributed by atoms with Crippen molar-refractivity contribution in [3.05, 3.63) is 507 Å². The molecule has 0 amide bonds. The van der Waals surface area contributed by atoms with E-state index in [0.717, 1.165) is 50.3 Å². The van der Waals surface area contributed by atoms with Gasteiger partial charge in [0.05, 0.1) is 39.0 Å². The summed E-state index contributed by atoms with van der Waals surface area (Å²) >= 11 is 0. The second kappa shape index (κ2) is 31.0. The fourth-order valence-electron chi connectivity index (χ4n) is 21.1. The maximum Gasteiger partial charge on any atom is 0.0933 e. The van der Waals surface area contributed by atoms with Crippen molar-refractivity contribution < 1.29 is 0 Å². The SMILES string of the molecule is CC1(C)c2ccccc2-c2ccc(-c3ccc(-c4cc5cc6ccccc6cn5n4)cc3)cc21.c1ccc(C2(c3ccccc3)c3ccccc3-c3ccc(-c4ccc(-c5cc6cc7ccccc7cn6n5)cc4)cc32)cc1.c1ccc2cc(-c3c4ccccc4c(-c4ccc5ccccc5c4)c4cc(-c5ccc(-c6cc7cc8ccccc8cn7n6)cc5)ccc34)ccc2c1. The number of aromatic nitrogens is 6. The molecule has 6 heteroatoms. The Hall–Kier alpha value is -16.9. The molecule has 0 atom stereocenters.